The van der Waals surface area contributed by atoms with Gasteiger partial charge in [-0.15, -0.1) is 10.2 Å². The van der Waals surface area contributed by atoms with E-state index in [0.29, 0.717) is 39.4 Å². The Balaban J connectivity index is 0.000000222. The van der Waals surface area contributed by atoms with E-state index in [4.69, 9.17) is 83.6 Å². The first kappa shape index (κ1) is 111. The molecule has 2 amide bonds. The number of nitro benzene ring substituents is 2. The van der Waals surface area contributed by atoms with Crippen molar-refractivity contribution in [3.05, 3.63) is 262 Å². The molecule has 1 aromatic heterocycles. The Labute approximate surface area is 826 Å². The molecule has 10 aromatic rings. The van der Waals surface area contributed by atoms with Crippen LogP contribution < -0.4 is 28.5 Å². The van der Waals surface area contributed by atoms with Gasteiger partial charge in [0.05, 0.1) is 74.0 Å². The van der Waals surface area contributed by atoms with Crippen LogP contribution in [0.3, 0.4) is 0 Å². The molecule has 40 heteroatoms. The first-order chi connectivity index (χ1) is 63.8. The average molecular weight is 2210 g/mol. The molecule has 17 N–H and O–H groups in total. The number of hydrogen-bond donors (Lipinski definition) is 13. The van der Waals surface area contributed by atoms with E-state index in [1.807, 2.05) is 97.9 Å². The van der Waals surface area contributed by atoms with E-state index < -0.39 is 43.9 Å². The number of primary amides is 1. The molecule has 0 saturated carbocycles. The molecular weight excluding hydrogens is 2090 g/mol. The number of nitrogens with one attached hydrogen (secondary N) is 1. The Morgan fingerprint density at radius 3 is 1.07 bits per heavy atom. The number of hydrogen-bond acceptors (Lipinski definition) is 30. The second-order valence-corrected chi connectivity index (χ2v) is 44.0. The number of aromatic nitrogens is 3. The number of rotatable bonds is 22. The molecule has 14 rings (SSSR count). The summed E-state index contributed by atoms with van der Waals surface area (Å²) in [4.78, 5) is 39.4. The number of phenolic OH excluding ortho intramolecular Hbond substituents is 8. The Hall–Kier alpha value is -9.75. The molecule has 32 nitrogen and oxygen atoms in total. The van der Waals surface area contributed by atoms with Crippen LogP contribution in [0.5, 0.6) is 46.0 Å². The summed E-state index contributed by atoms with van der Waals surface area (Å²) >= 11 is 18.3. The van der Waals surface area contributed by atoms with Crippen molar-refractivity contribution < 1.29 is 101 Å². The van der Waals surface area contributed by atoms with E-state index >= 15 is 0 Å². The number of alkyl halides is 1. The standard InChI is InChI=1S/C22H27N5O3.C22H27NO3S.C20H22O5S3.C11H14N2O3.C11H16N2O.C7H6BrNO2.CH5N3O.2ClH.Hg/c1-14(2)17-11-18(20(29)12-19(17)28)21-24-25-22(23)27(21)16-5-3-15(4-6-16)13-26-7-9-30-10-8-26;1-15(2)18-12-19(21(25)13-20(18)24)22(27)11-16-3-5-17(6-4-16)14-23-7-9-26-10-8-23;1-9(2)11-5-13(17(23)7-15(11)21)19(26)28(25)20(27)14-6-12(10(3)4)16(22)8-18(14)24;14-13(15)11-3-1-10(2-4-11)9-12-5-7-16-8-6-12;12-11-3-1-10(2-4-11)9-13-5-7-14-8-6-13;8-5-6-1-3-7(4-2-6)9(10)11;2-1(5)4-3;;;/h3-6,11-12,14,28-29H,7-10,13H2,1-2H3,(H2,23,25);3-6,12-13,15,24-25H,7-11,14H2,1-2H3;5-10,21-24H,1-4H3;1-4H,5-9H2;1-4H,5-9,12H2;1-4H,5H2;3H2,(H3,2,4,5);2*1H;/q;;;;;;;;;+2/p-2. The van der Waals surface area contributed by atoms with Crippen LogP contribution in [0.25, 0.3) is 17.1 Å². The first-order valence-corrected chi connectivity index (χ1v) is 60.0. The summed E-state index contributed by atoms with van der Waals surface area (Å²) in [5.74, 6) is 4.61. The maximum absolute atomic E-state index is 13.0. The zero-order valence-corrected chi connectivity index (χ0v) is 87.9. The molecule has 134 heavy (non-hydrogen) atoms. The number of hydrazine groups is 1. The number of urea groups is 1. The van der Waals surface area contributed by atoms with Gasteiger partial charge in [0.2, 0.25) is 5.95 Å². The van der Waals surface area contributed by atoms with Crippen molar-refractivity contribution in [2.24, 2.45) is 11.6 Å². The predicted molar refractivity (Wildman–Crippen MR) is 536 cm³/mol. The number of amides is 2. The maximum atomic E-state index is 13.0. The molecule has 5 heterocycles. The van der Waals surface area contributed by atoms with E-state index in [2.05, 4.69) is 106 Å². The second-order valence-electron chi connectivity index (χ2n) is 32.4. The first-order valence-electron chi connectivity index (χ1n) is 43.0. The number of aromatic hydroxyl groups is 8. The molecule has 0 bridgehead atoms. The van der Waals surface area contributed by atoms with Crippen LogP contribution in [-0.2, 0) is 89.8 Å². The molecule has 4 saturated heterocycles. The number of nitrogens with zero attached hydrogens (tertiary/aromatic N) is 9. The van der Waals surface area contributed by atoms with Gasteiger partial charge < -0.3 is 77.0 Å². The number of carbonyl (C=O) groups is 1. The Morgan fingerprint density at radius 1 is 0.463 bits per heavy atom. The summed E-state index contributed by atoms with van der Waals surface area (Å²) in [6.45, 7) is 33.2. The van der Waals surface area contributed by atoms with Crippen LogP contribution in [0.2, 0.25) is 0 Å². The zero-order valence-electron chi connectivity index (χ0n) is 76.0. The van der Waals surface area contributed by atoms with Gasteiger partial charge in [-0.25, -0.2) is 14.8 Å². The van der Waals surface area contributed by atoms with Crippen LogP contribution in [0.15, 0.2) is 170 Å². The monoisotopic (exact) mass is 2210 g/mol. The van der Waals surface area contributed by atoms with E-state index in [-0.39, 0.29) is 111 Å². The molecule has 0 aliphatic carbocycles. The number of morpholine rings is 4. The number of ether oxygens (including phenoxy) is 4. The fourth-order valence-electron chi connectivity index (χ4n) is 13.9. The zero-order chi connectivity index (χ0) is 98.4. The van der Waals surface area contributed by atoms with Gasteiger partial charge in [-0.3, -0.25) is 49.8 Å². The number of non-ortho nitro benzene ring substituents is 2. The number of nitrogen functional groups attached to an aromatic ring is 2. The predicted octanol–water partition coefficient (Wildman–Crippen LogP) is 16.4. The number of nitrogens with two attached hydrogens (primary N) is 4. The Bertz CT molecular complexity index is 5430. The van der Waals surface area contributed by atoms with Crippen molar-refractivity contribution in [3.63, 3.8) is 0 Å². The molecule has 0 radical (unpaired) electrons. The van der Waals surface area contributed by atoms with Crippen molar-refractivity contribution in [3.8, 4) is 63.1 Å². The summed E-state index contributed by atoms with van der Waals surface area (Å²) in [6, 6.07) is 48.7. The number of thiocarbonyl (C=S) groups is 3. The molecule has 0 atom stereocenters. The summed E-state index contributed by atoms with van der Waals surface area (Å²) in [5, 5.41) is 111. The average Bonchev–Trinajstić information content (AvgIpc) is 1.65. The normalized spacial score (nSPS) is 13.9. The molecule has 4 fully saturated rings. The minimum absolute atomic E-state index is 0.0332. The summed E-state index contributed by atoms with van der Waals surface area (Å²) in [6.07, 6.45) is 0.586. The number of halogens is 3. The van der Waals surface area contributed by atoms with Gasteiger partial charge in [-0.1, -0.05) is 181 Å². The van der Waals surface area contributed by atoms with Crippen LogP contribution in [0.4, 0.5) is 27.8 Å². The summed E-state index contributed by atoms with van der Waals surface area (Å²) in [7, 11) is 7.96. The third-order valence-corrected chi connectivity index (χ3v) is 24.7. The number of phenols is 8. The molecule has 9 aromatic carbocycles. The van der Waals surface area contributed by atoms with E-state index in [1.54, 1.807) is 40.3 Å². The van der Waals surface area contributed by atoms with Gasteiger partial charge in [0, 0.05) is 166 Å². The Kier molecular flexibility index (Phi) is 47.1. The van der Waals surface area contributed by atoms with Gasteiger partial charge in [-0.2, -0.15) is 0 Å². The molecule has 0 unspecified atom stereocenters. The van der Waals surface area contributed by atoms with Crippen LogP contribution in [-0.4, -0.2) is 214 Å². The van der Waals surface area contributed by atoms with Gasteiger partial charge in [0.1, 0.15) is 65.2 Å². The molecule has 4 aliphatic heterocycles. The minimum atomic E-state index is -2.01. The molecule has 4 aliphatic rings. The van der Waals surface area contributed by atoms with Gasteiger partial charge in [0.25, 0.3) is 11.4 Å². The van der Waals surface area contributed by atoms with Crippen molar-refractivity contribution in [1.29, 1.82) is 0 Å². The van der Waals surface area contributed by atoms with E-state index in [9.17, 15) is 70.1 Å². The third-order valence-electron chi connectivity index (χ3n) is 21.3. The van der Waals surface area contributed by atoms with Crippen molar-refractivity contribution in [2.45, 2.75) is 117 Å². The fourth-order valence-corrected chi connectivity index (χ4v) is 16.5. The molecule has 718 valence electrons. The Morgan fingerprint density at radius 2 is 0.746 bits per heavy atom. The molecule has 0 spiro atoms. The van der Waals surface area contributed by atoms with Gasteiger partial charge in [-0.05, 0) is 128 Å². The van der Waals surface area contributed by atoms with Gasteiger partial charge in [0.15, 0.2) is 5.82 Å². The van der Waals surface area contributed by atoms with Crippen LogP contribution >= 0.6 is 69.1 Å². The van der Waals surface area contributed by atoms with Crippen LogP contribution in [0, 0.1) is 20.2 Å². The number of nitro groups is 2. The van der Waals surface area contributed by atoms with E-state index in [1.165, 1.54) is 53.1 Å². The quantitative estimate of drug-likeness (QED) is 0.00345. The van der Waals surface area contributed by atoms with Crippen molar-refractivity contribution >= 4 is 122 Å². The number of benzene rings is 9. The molecular formula is C94H117BrCl2HgN14O18S4. The van der Waals surface area contributed by atoms with Crippen LogP contribution in [0.1, 0.15) is 151 Å². The van der Waals surface area contributed by atoms with Gasteiger partial charge >= 0.3 is 44.6 Å². The summed E-state index contributed by atoms with van der Waals surface area (Å²) < 4.78 is 35.8. The van der Waals surface area contributed by atoms with E-state index in [0.717, 1.165) is 188 Å². The fraction of sp³-hybridized carbons (Fsp3) is 0.362. The SMILES string of the molecule is CC(C)c1cc(-c2nnc(N)n2-c2ccc(CN3CCOCC3)cc2)c(O)cc1O.CC(C)c1cc(C(=S)Cc2ccc(CN3CCOCC3)cc2)c(O)cc1O.CC(C)c1cc(C(=S)S(=O)C(=S)c2cc(C(C)C)c(O)cc2O)c(O)cc1O.NNC(N)=O.Nc1ccc(CN2CCOCC2)cc1.O=[N+]([O-])c1ccc(CBr)cc1.O=[N+]([O-])c1ccc(CN2CCOCC2)cc1.[Cl][Hg][Cl]. The topological polar surface area (TPSA) is 479 Å². The van der Waals surface area contributed by atoms with Crippen molar-refractivity contribution in [1.82, 2.24) is 39.8 Å². The number of carbonyl (C=O) groups excluding carboxylic acids is 1. The number of anilines is 2. The third kappa shape index (κ3) is 35.4. The van der Waals surface area contributed by atoms with Crippen molar-refractivity contribution in [2.75, 3.05) is 117 Å². The second kappa shape index (κ2) is 56.7. The summed E-state index contributed by atoms with van der Waals surface area (Å²) in [5.41, 5.74) is 30.8.